The van der Waals surface area contributed by atoms with Crippen molar-refractivity contribution in [2.24, 2.45) is 0 Å². The van der Waals surface area contributed by atoms with Crippen LogP contribution in [-0.4, -0.2) is 22.2 Å². The number of aliphatic carboxylic acids is 1. The Morgan fingerprint density at radius 1 is 1.20 bits per heavy atom. The van der Waals surface area contributed by atoms with Crippen molar-refractivity contribution in [1.29, 1.82) is 0 Å². The highest BCUT2D eigenvalue weighted by Crippen LogP contribution is 2.07. The highest BCUT2D eigenvalue weighted by Gasteiger charge is 2.04. The molecule has 15 heavy (non-hydrogen) atoms. The summed E-state index contributed by atoms with van der Waals surface area (Å²) in [6.07, 6.45) is 0.342. The number of ketones is 1. The molecule has 80 valence electrons. The van der Waals surface area contributed by atoms with Crippen LogP contribution in [0, 0.1) is 0 Å². The zero-order chi connectivity index (χ0) is 11.3. The molecule has 0 aliphatic heterocycles. The molecule has 0 spiro atoms. The van der Waals surface area contributed by atoms with Gasteiger partial charge in [-0.05, 0) is 11.1 Å². The molecule has 0 aliphatic carbocycles. The molecule has 0 saturated carbocycles. The molecule has 0 aliphatic rings. The lowest BCUT2D eigenvalue weighted by atomic mass is 10.0. The summed E-state index contributed by atoms with van der Waals surface area (Å²) in [4.78, 5) is 21.6. The molecule has 0 atom stereocenters. The van der Waals surface area contributed by atoms with Crippen LogP contribution in [0.15, 0.2) is 24.3 Å². The fourth-order valence-corrected chi connectivity index (χ4v) is 1.50. The number of carbonyl (C=O) groups excluding carboxylic acids is 1. The van der Waals surface area contributed by atoms with Crippen molar-refractivity contribution in [3.05, 3.63) is 35.4 Å². The first-order valence-electron chi connectivity index (χ1n) is 4.49. The van der Waals surface area contributed by atoms with Crippen LogP contribution in [-0.2, 0) is 22.4 Å². The lowest BCUT2D eigenvalue weighted by Gasteiger charge is -2.01. The summed E-state index contributed by atoms with van der Waals surface area (Å²) in [6, 6.07) is 7.10. The Labute approximate surface area is 96.2 Å². The van der Waals surface area contributed by atoms with Crippen LogP contribution >= 0.6 is 15.9 Å². The molecule has 0 unspecified atom stereocenters. The maximum atomic E-state index is 11.2. The molecule has 1 aromatic carbocycles. The van der Waals surface area contributed by atoms with E-state index in [-0.39, 0.29) is 12.2 Å². The van der Waals surface area contributed by atoms with Gasteiger partial charge in [0.05, 0.1) is 11.8 Å². The first kappa shape index (κ1) is 11.9. The van der Waals surface area contributed by atoms with Crippen molar-refractivity contribution < 1.29 is 14.7 Å². The third-order valence-electron chi connectivity index (χ3n) is 1.90. The fourth-order valence-electron chi connectivity index (χ4n) is 1.30. The SMILES string of the molecule is O=C(O)Cc1cccc(CC(=O)CBr)c1. The summed E-state index contributed by atoms with van der Waals surface area (Å²) in [5.41, 5.74) is 1.58. The normalized spacial score (nSPS) is 9.93. The van der Waals surface area contributed by atoms with Crippen LogP contribution in [0.5, 0.6) is 0 Å². The van der Waals surface area contributed by atoms with Crippen LogP contribution in [0.25, 0.3) is 0 Å². The Kier molecular flexibility index (Phi) is 4.49. The zero-order valence-corrected chi connectivity index (χ0v) is 9.66. The molecule has 4 heteroatoms. The molecule has 0 fully saturated rings. The lowest BCUT2D eigenvalue weighted by molar-refractivity contribution is -0.136. The average molecular weight is 271 g/mol. The van der Waals surface area contributed by atoms with Crippen LogP contribution in [0.2, 0.25) is 0 Å². The van der Waals surface area contributed by atoms with Crippen molar-refractivity contribution >= 4 is 27.7 Å². The molecular weight excluding hydrogens is 260 g/mol. The van der Waals surface area contributed by atoms with Crippen molar-refractivity contribution in [3.8, 4) is 0 Å². The van der Waals surface area contributed by atoms with E-state index < -0.39 is 5.97 Å². The Balaban J connectivity index is 2.74. The predicted octanol–water partition coefficient (Wildman–Crippen LogP) is 1.82. The molecule has 1 N–H and O–H groups in total. The summed E-state index contributed by atoms with van der Waals surface area (Å²) < 4.78 is 0. The maximum absolute atomic E-state index is 11.2. The topological polar surface area (TPSA) is 54.4 Å². The average Bonchev–Trinajstić information content (AvgIpc) is 2.17. The molecule has 1 rings (SSSR count). The van der Waals surface area contributed by atoms with E-state index in [0.29, 0.717) is 11.8 Å². The molecule has 0 aromatic heterocycles. The van der Waals surface area contributed by atoms with Crippen LogP contribution in [0.3, 0.4) is 0 Å². The van der Waals surface area contributed by atoms with Crippen LogP contribution in [0.1, 0.15) is 11.1 Å². The second kappa shape index (κ2) is 5.66. The zero-order valence-electron chi connectivity index (χ0n) is 8.07. The summed E-state index contributed by atoms with van der Waals surface area (Å²) in [5, 5.41) is 8.94. The van der Waals surface area contributed by atoms with Gasteiger partial charge in [-0.25, -0.2) is 0 Å². The minimum absolute atomic E-state index is 0.00363. The first-order chi connectivity index (χ1) is 7.11. The van der Waals surface area contributed by atoms with Crippen LogP contribution in [0.4, 0.5) is 0 Å². The van der Waals surface area contributed by atoms with E-state index in [1.54, 1.807) is 18.2 Å². The monoisotopic (exact) mass is 270 g/mol. The van der Waals surface area contributed by atoms with Gasteiger partial charge in [0.15, 0.2) is 0 Å². The van der Waals surface area contributed by atoms with Gasteiger partial charge in [-0.3, -0.25) is 9.59 Å². The van der Waals surface area contributed by atoms with Gasteiger partial charge in [0, 0.05) is 6.42 Å². The molecule has 0 radical (unpaired) electrons. The van der Waals surface area contributed by atoms with E-state index in [1.807, 2.05) is 6.07 Å². The fraction of sp³-hybridized carbons (Fsp3) is 0.273. The Morgan fingerprint density at radius 2 is 1.80 bits per heavy atom. The highest BCUT2D eigenvalue weighted by molar-refractivity contribution is 9.09. The van der Waals surface area contributed by atoms with E-state index in [4.69, 9.17) is 5.11 Å². The lowest BCUT2D eigenvalue weighted by Crippen LogP contribution is -2.05. The van der Waals surface area contributed by atoms with Gasteiger partial charge in [-0.15, -0.1) is 0 Å². The van der Waals surface area contributed by atoms with E-state index in [2.05, 4.69) is 15.9 Å². The Morgan fingerprint density at radius 3 is 2.33 bits per heavy atom. The second-order valence-corrected chi connectivity index (χ2v) is 3.80. The standard InChI is InChI=1S/C11H11BrO3/c12-7-10(13)5-8-2-1-3-9(4-8)6-11(14)15/h1-4H,5-7H2,(H,14,15). The highest BCUT2D eigenvalue weighted by atomic mass is 79.9. The number of Topliss-reactive ketones (excluding diaryl/α,β-unsaturated/α-hetero) is 1. The molecular formula is C11H11BrO3. The molecule has 1 aromatic rings. The van der Waals surface area contributed by atoms with Gasteiger partial charge >= 0.3 is 5.97 Å². The predicted molar refractivity (Wildman–Crippen MR) is 60.3 cm³/mol. The van der Waals surface area contributed by atoms with E-state index in [0.717, 1.165) is 11.1 Å². The third-order valence-corrected chi connectivity index (χ3v) is 2.52. The minimum atomic E-state index is -0.862. The quantitative estimate of drug-likeness (QED) is 0.831. The van der Waals surface area contributed by atoms with Gasteiger partial charge in [0.25, 0.3) is 0 Å². The van der Waals surface area contributed by atoms with Crippen LogP contribution < -0.4 is 0 Å². The number of carbonyl (C=O) groups is 2. The Hall–Kier alpha value is -1.16. The van der Waals surface area contributed by atoms with Crippen molar-refractivity contribution in [2.45, 2.75) is 12.8 Å². The summed E-state index contributed by atoms with van der Waals surface area (Å²) >= 11 is 3.09. The molecule has 0 heterocycles. The number of carboxylic acids is 1. The number of rotatable bonds is 5. The van der Waals surface area contributed by atoms with Gasteiger partial charge in [-0.1, -0.05) is 40.2 Å². The number of hydrogen-bond donors (Lipinski definition) is 1. The number of carboxylic acid groups (broad SMARTS) is 1. The first-order valence-corrected chi connectivity index (χ1v) is 5.61. The van der Waals surface area contributed by atoms with Crippen molar-refractivity contribution in [1.82, 2.24) is 0 Å². The van der Waals surface area contributed by atoms with Crippen molar-refractivity contribution in [3.63, 3.8) is 0 Å². The van der Waals surface area contributed by atoms with Crippen molar-refractivity contribution in [2.75, 3.05) is 5.33 Å². The van der Waals surface area contributed by atoms with E-state index >= 15 is 0 Å². The van der Waals surface area contributed by atoms with Gasteiger partial charge in [-0.2, -0.15) is 0 Å². The maximum Gasteiger partial charge on any atom is 0.307 e. The van der Waals surface area contributed by atoms with E-state index in [9.17, 15) is 9.59 Å². The van der Waals surface area contributed by atoms with Gasteiger partial charge in [0.2, 0.25) is 0 Å². The van der Waals surface area contributed by atoms with Gasteiger partial charge < -0.3 is 5.11 Å². The minimum Gasteiger partial charge on any atom is -0.481 e. The number of benzene rings is 1. The molecule has 0 saturated heterocycles. The van der Waals surface area contributed by atoms with E-state index in [1.165, 1.54) is 0 Å². The largest absolute Gasteiger partial charge is 0.481 e. The third kappa shape index (κ3) is 4.25. The molecule has 0 bridgehead atoms. The second-order valence-electron chi connectivity index (χ2n) is 3.24. The Bertz CT molecular complexity index is 374. The van der Waals surface area contributed by atoms with Gasteiger partial charge in [0.1, 0.15) is 5.78 Å². The number of halogens is 1. The smallest absolute Gasteiger partial charge is 0.307 e. The number of alkyl halides is 1. The summed E-state index contributed by atoms with van der Waals surface area (Å²) in [6.45, 7) is 0. The summed E-state index contributed by atoms with van der Waals surface area (Å²) in [7, 11) is 0. The molecule has 3 nitrogen and oxygen atoms in total. The number of hydrogen-bond acceptors (Lipinski definition) is 2. The summed E-state index contributed by atoms with van der Waals surface area (Å²) in [5.74, 6) is -0.776. The molecule has 0 amide bonds.